The fourth-order valence-corrected chi connectivity index (χ4v) is 4.37. The molecule has 1 saturated carbocycles. The van der Waals surface area contributed by atoms with E-state index in [0.29, 0.717) is 12.1 Å². The molecule has 1 aliphatic rings. The van der Waals surface area contributed by atoms with Crippen molar-refractivity contribution in [3.8, 4) is 0 Å². The van der Waals surface area contributed by atoms with Gasteiger partial charge in [0.1, 0.15) is 11.9 Å². The lowest BCUT2D eigenvalue weighted by Gasteiger charge is -2.33. The van der Waals surface area contributed by atoms with Gasteiger partial charge in [0.15, 0.2) is 5.76 Å². The molecular weight excluding hydrogens is 407 g/mol. The number of carbonyl (C=O) groups is 2. The molecule has 5 nitrogen and oxygen atoms in total. The molecule has 2 aromatic carbocycles. The number of hydrogen-bond donors (Lipinski definition) is 1. The van der Waals surface area contributed by atoms with Gasteiger partial charge in [-0.15, -0.1) is 0 Å². The molecule has 1 atom stereocenters. The number of carbonyl (C=O) groups excluding carboxylic acids is 2. The van der Waals surface area contributed by atoms with Crippen LogP contribution in [0.1, 0.15) is 60.3 Å². The summed E-state index contributed by atoms with van der Waals surface area (Å²) in [6.45, 7) is 1.98. The molecule has 166 valence electrons. The normalized spacial score (nSPS) is 14.8. The van der Waals surface area contributed by atoms with E-state index in [1.165, 1.54) is 17.2 Å². The van der Waals surface area contributed by atoms with Gasteiger partial charge in [-0.25, -0.2) is 4.39 Å². The summed E-state index contributed by atoms with van der Waals surface area (Å²) in [7, 11) is 0. The highest BCUT2D eigenvalue weighted by Gasteiger charge is 2.37. The molecule has 1 aromatic heterocycles. The highest BCUT2D eigenvalue weighted by molar-refractivity contribution is 6.09. The summed E-state index contributed by atoms with van der Waals surface area (Å²) >= 11 is 0. The summed E-state index contributed by atoms with van der Waals surface area (Å²) in [6, 6.07) is 15.5. The summed E-state index contributed by atoms with van der Waals surface area (Å²) in [4.78, 5) is 28.7. The number of aryl methyl sites for hydroxylation is 1. The van der Waals surface area contributed by atoms with Crippen molar-refractivity contribution in [1.29, 1.82) is 0 Å². The first-order valence-corrected chi connectivity index (χ1v) is 11.1. The molecule has 32 heavy (non-hydrogen) atoms. The van der Waals surface area contributed by atoms with Crippen LogP contribution in [0.25, 0.3) is 0 Å². The zero-order valence-electron chi connectivity index (χ0n) is 18.1. The van der Waals surface area contributed by atoms with Crippen LogP contribution in [0, 0.1) is 5.82 Å². The number of para-hydroxylation sites is 1. The highest BCUT2D eigenvalue weighted by atomic mass is 19.1. The molecule has 4 rings (SSSR count). The van der Waals surface area contributed by atoms with Crippen LogP contribution < -0.4 is 10.2 Å². The molecule has 0 spiro atoms. The fourth-order valence-electron chi connectivity index (χ4n) is 4.37. The number of hydrogen-bond acceptors (Lipinski definition) is 3. The Hall–Kier alpha value is -3.41. The van der Waals surface area contributed by atoms with Crippen LogP contribution >= 0.6 is 0 Å². The van der Waals surface area contributed by atoms with Gasteiger partial charge in [0.25, 0.3) is 5.91 Å². The number of furan rings is 1. The highest BCUT2D eigenvalue weighted by Crippen LogP contribution is 2.34. The van der Waals surface area contributed by atoms with Gasteiger partial charge in [0, 0.05) is 17.3 Å². The summed E-state index contributed by atoms with van der Waals surface area (Å²) in [5.41, 5.74) is 1.59. The van der Waals surface area contributed by atoms with E-state index in [9.17, 15) is 9.59 Å². The Kier molecular flexibility index (Phi) is 6.69. The first-order chi connectivity index (χ1) is 15.6. The molecule has 1 N–H and O–H groups in total. The number of nitrogens with zero attached hydrogens (tertiary/aromatic N) is 1. The van der Waals surface area contributed by atoms with Crippen LogP contribution in [0.4, 0.5) is 10.1 Å². The summed E-state index contributed by atoms with van der Waals surface area (Å²) in [6.07, 6.45) is 5.91. The van der Waals surface area contributed by atoms with Crippen LogP contribution in [0.15, 0.2) is 71.3 Å². The van der Waals surface area contributed by atoms with Gasteiger partial charge in [-0.2, -0.15) is 0 Å². The van der Waals surface area contributed by atoms with Gasteiger partial charge in [-0.3, -0.25) is 14.5 Å². The summed E-state index contributed by atoms with van der Waals surface area (Å²) < 4.78 is 20.4. The van der Waals surface area contributed by atoms with Crippen molar-refractivity contribution in [2.45, 2.75) is 51.1 Å². The molecule has 0 radical (unpaired) electrons. The molecule has 1 fully saturated rings. The lowest BCUT2D eigenvalue weighted by atomic mass is 9.99. The minimum atomic E-state index is -1.18. The molecule has 0 aliphatic heterocycles. The van der Waals surface area contributed by atoms with Crippen molar-refractivity contribution >= 4 is 17.5 Å². The number of anilines is 1. The molecule has 0 saturated heterocycles. The van der Waals surface area contributed by atoms with Gasteiger partial charge < -0.3 is 9.73 Å². The molecule has 6 heteroatoms. The molecule has 3 aromatic rings. The monoisotopic (exact) mass is 434 g/mol. The second kappa shape index (κ2) is 9.81. The van der Waals surface area contributed by atoms with Crippen molar-refractivity contribution in [2.24, 2.45) is 0 Å². The van der Waals surface area contributed by atoms with E-state index in [-0.39, 0.29) is 17.4 Å². The topological polar surface area (TPSA) is 62.6 Å². The average Bonchev–Trinajstić information content (AvgIpc) is 3.52. The number of halogens is 1. The molecule has 2 amide bonds. The predicted octanol–water partition coefficient (Wildman–Crippen LogP) is 5.43. The molecule has 0 bridgehead atoms. The third-order valence-corrected chi connectivity index (χ3v) is 5.99. The molecular formula is C26H27FN2O3. The zero-order valence-corrected chi connectivity index (χ0v) is 18.1. The quantitative estimate of drug-likeness (QED) is 0.539. The SMILES string of the molecule is CCc1ccccc1N(C(=O)c1ccco1)C(C(=O)NC1CCCC1)c1ccccc1F. The second-order valence-corrected chi connectivity index (χ2v) is 8.05. The van der Waals surface area contributed by atoms with Crippen LogP contribution in [-0.2, 0) is 11.2 Å². The summed E-state index contributed by atoms with van der Waals surface area (Å²) in [5, 5.41) is 3.06. The van der Waals surface area contributed by atoms with E-state index in [1.54, 1.807) is 36.4 Å². The van der Waals surface area contributed by atoms with Crippen LogP contribution in [-0.4, -0.2) is 17.9 Å². The van der Waals surface area contributed by atoms with Gasteiger partial charge in [-0.1, -0.05) is 56.2 Å². The third kappa shape index (κ3) is 4.44. The number of nitrogens with one attached hydrogen (secondary N) is 1. The third-order valence-electron chi connectivity index (χ3n) is 5.99. The standard InChI is InChI=1S/C26H27FN2O3/c1-2-18-10-3-8-15-22(18)29(26(31)23-16-9-17-32-23)24(20-13-6-7-14-21(20)27)25(30)28-19-11-4-5-12-19/h3,6-10,13-17,19,24H,2,4-5,11-12H2,1H3,(H,28,30). The van der Waals surface area contributed by atoms with Gasteiger partial charge >= 0.3 is 0 Å². The van der Waals surface area contributed by atoms with Gasteiger partial charge in [0.2, 0.25) is 5.91 Å². The van der Waals surface area contributed by atoms with E-state index in [4.69, 9.17) is 4.42 Å². The Balaban J connectivity index is 1.86. The van der Waals surface area contributed by atoms with Crippen molar-refractivity contribution in [3.63, 3.8) is 0 Å². The largest absolute Gasteiger partial charge is 0.459 e. The molecule has 1 unspecified atom stereocenters. The molecule has 1 heterocycles. The van der Waals surface area contributed by atoms with Crippen molar-refractivity contribution in [3.05, 3.63) is 89.6 Å². The van der Waals surface area contributed by atoms with Crippen LogP contribution in [0.5, 0.6) is 0 Å². The number of benzene rings is 2. The first kappa shape index (κ1) is 21.8. The van der Waals surface area contributed by atoms with Gasteiger partial charge in [0.05, 0.1) is 6.26 Å². The Morgan fingerprint density at radius 1 is 1.06 bits per heavy atom. The molecule has 1 aliphatic carbocycles. The van der Waals surface area contributed by atoms with E-state index in [2.05, 4.69) is 5.32 Å². The first-order valence-electron chi connectivity index (χ1n) is 11.1. The second-order valence-electron chi connectivity index (χ2n) is 8.05. The maximum atomic E-state index is 15.0. The van der Waals surface area contributed by atoms with Crippen molar-refractivity contribution in [1.82, 2.24) is 5.32 Å². The van der Waals surface area contributed by atoms with E-state index < -0.39 is 23.7 Å². The maximum Gasteiger partial charge on any atom is 0.294 e. The van der Waals surface area contributed by atoms with E-state index >= 15 is 4.39 Å². The Morgan fingerprint density at radius 3 is 2.47 bits per heavy atom. The van der Waals surface area contributed by atoms with E-state index in [0.717, 1.165) is 31.2 Å². The number of rotatable bonds is 7. The lowest BCUT2D eigenvalue weighted by Crippen LogP contribution is -2.47. The number of amides is 2. The summed E-state index contributed by atoms with van der Waals surface area (Å²) in [5.74, 6) is -1.34. The van der Waals surface area contributed by atoms with Gasteiger partial charge in [-0.05, 0) is 49.1 Å². The van der Waals surface area contributed by atoms with Crippen molar-refractivity contribution in [2.75, 3.05) is 4.90 Å². The Bertz CT molecular complexity index is 1070. The fraction of sp³-hybridized carbons (Fsp3) is 0.308. The lowest BCUT2D eigenvalue weighted by molar-refractivity contribution is -0.123. The van der Waals surface area contributed by atoms with Crippen LogP contribution in [0.2, 0.25) is 0 Å². The smallest absolute Gasteiger partial charge is 0.294 e. The minimum Gasteiger partial charge on any atom is -0.459 e. The van der Waals surface area contributed by atoms with Crippen LogP contribution in [0.3, 0.4) is 0 Å². The Morgan fingerprint density at radius 2 is 1.78 bits per heavy atom. The van der Waals surface area contributed by atoms with Crippen molar-refractivity contribution < 1.29 is 18.4 Å². The minimum absolute atomic E-state index is 0.0266. The average molecular weight is 435 g/mol. The Labute approximate surface area is 187 Å². The zero-order chi connectivity index (χ0) is 22.5. The van der Waals surface area contributed by atoms with E-state index in [1.807, 2.05) is 25.1 Å². The predicted molar refractivity (Wildman–Crippen MR) is 121 cm³/mol. The maximum absolute atomic E-state index is 15.0.